The molecule has 1 atom stereocenters. The predicted octanol–water partition coefficient (Wildman–Crippen LogP) is 5.86. The molecule has 0 radical (unpaired) electrons. The van der Waals surface area contributed by atoms with E-state index in [-0.39, 0.29) is 6.04 Å². The molecular formula is C16H13ClINO. The van der Waals surface area contributed by atoms with Crippen LogP contribution >= 0.6 is 34.2 Å². The Hall–Kier alpha value is -1.20. The van der Waals surface area contributed by atoms with E-state index in [1.807, 2.05) is 42.5 Å². The van der Waals surface area contributed by atoms with Crippen LogP contribution in [0.4, 0.5) is 5.69 Å². The van der Waals surface area contributed by atoms with Gasteiger partial charge in [0, 0.05) is 8.96 Å². The molecule has 1 unspecified atom stereocenters. The summed E-state index contributed by atoms with van der Waals surface area (Å²) in [5, 5.41) is 5.22. The highest BCUT2D eigenvalue weighted by Gasteiger charge is 2.12. The zero-order valence-corrected chi connectivity index (χ0v) is 13.8. The summed E-state index contributed by atoms with van der Waals surface area (Å²) in [4.78, 5) is 0. The average molecular weight is 398 g/mol. The fourth-order valence-corrected chi connectivity index (χ4v) is 3.04. The highest BCUT2D eigenvalue weighted by Crippen LogP contribution is 2.30. The van der Waals surface area contributed by atoms with Gasteiger partial charge in [0.05, 0.1) is 16.8 Å². The van der Waals surface area contributed by atoms with Crippen molar-refractivity contribution in [2.45, 2.75) is 13.0 Å². The molecule has 2 nitrogen and oxygen atoms in total. The van der Waals surface area contributed by atoms with Crippen LogP contribution < -0.4 is 5.32 Å². The highest BCUT2D eigenvalue weighted by molar-refractivity contribution is 14.1. The minimum Gasteiger partial charge on any atom is -0.459 e. The molecule has 0 aliphatic rings. The van der Waals surface area contributed by atoms with E-state index < -0.39 is 0 Å². The van der Waals surface area contributed by atoms with Crippen molar-refractivity contribution in [2.75, 3.05) is 5.32 Å². The van der Waals surface area contributed by atoms with Crippen LogP contribution in [-0.2, 0) is 0 Å². The minimum absolute atomic E-state index is 0.0555. The van der Waals surface area contributed by atoms with Crippen molar-refractivity contribution in [1.29, 1.82) is 0 Å². The number of anilines is 1. The SMILES string of the molecule is CC(Nc1ccc(I)cc1Cl)c1cc2ccccc2o1. The Balaban J connectivity index is 1.86. The molecule has 1 heterocycles. The largest absolute Gasteiger partial charge is 0.459 e. The summed E-state index contributed by atoms with van der Waals surface area (Å²) >= 11 is 8.49. The first-order valence-corrected chi connectivity index (χ1v) is 7.79. The van der Waals surface area contributed by atoms with Crippen molar-refractivity contribution >= 4 is 50.8 Å². The van der Waals surface area contributed by atoms with Gasteiger partial charge in [0.25, 0.3) is 0 Å². The smallest absolute Gasteiger partial charge is 0.134 e. The fourth-order valence-electron chi connectivity index (χ4n) is 2.13. The van der Waals surface area contributed by atoms with Crippen molar-refractivity contribution in [2.24, 2.45) is 0 Å². The van der Waals surface area contributed by atoms with Gasteiger partial charge in [0.2, 0.25) is 0 Å². The van der Waals surface area contributed by atoms with Crippen LogP contribution in [0.2, 0.25) is 5.02 Å². The van der Waals surface area contributed by atoms with Crippen LogP contribution in [0.5, 0.6) is 0 Å². The Morgan fingerprint density at radius 3 is 2.70 bits per heavy atom. The summed E-state index contributed by atoms with van der Waals surface area (Å²) in [5.74, 6) is 0.904. The van der Waals surface area contributed by atoms with E-state index in [1.165, 1.54) is 0 Å². The first-order valence-electron chi connectivity index (χ1n) is 6.33. The number of fused-ring (bicyclic) bond motifs is 1. The van der Waals surface area contributed by atoms with Gasteiger partial charge < -0.3 is 9.73 Å². The summed E-state index contributed by atoms with van der Waals surface area (Å²) in [6.07, 6.45) is 0. The second-order valence-electron chi connectivity index (χ2n) is 4.68. The van der Waals surface area contributed by atoms with E-state index in [0.717, 1.165) is 31.0 Å². The lowest BCUT2D eigenvalue weighted by molar-refractivity contribution is 0.526. The quantitative estimate of drug-likeness (QED) is 0.560. The molecular weight excluding hydrogens is 385 g/mol. The molecule has 1 N–H and O–H groups in total. The van der Waals surface area contributed by atoms with E-state index in [1.54, 1.807) is 0 Å². The number of hydrogen-bond acceptors (Lipinski definition) is 2. The fraction of sp³-hybridized carbons (Fsp3) is 0.125. The first-order chi connectivity index (χ1) is 9.63. The topological polar surface area (TPSA) is 25.2 Å². The number of furan rings is 1. The van der Waals surface area contributed by atoms with Gasteiger partial charge in [-0.05, 0) is 59.8 Å². The molecule has 0 aliphatic carbocycles. The van der Waals surface area contributed by atoms with Crippen LogP contribution in [-0.4, -0.2) is 0 Å². The predicted molar refractivity (Wildman–Crippen MR) is 92.4 cm³/mol. The van der Waals surface area contributed by atoms with Crippen LogP contribution in [0.1, 0.15) is 18.7 Å². The van der Waals surface area contributed by atoms with Crippen molar-refractivity contribution < 1.29 is 4.42 Å². The van der Waals surface area contributed by atoms with Gasteiger partial charge in [-0.3, -0.25) is 0 Å². The second kappa shape index (κ2) is 5.66. The minimum atomic E-state index is 0.0555. The number of para-hydroxylation sites is 1. The van der Waals surface area contributed by atoms with E-state index in [2.05, 4.69) is 40.9 Å². The zero-order chi connectivity index (χ0) is 14.1. The first kappa shape index (κ1) is 13.8. The van der Waals surface area contributed by atoms with E-state index in [9.17, 15) is 0 Å². The molecule has 0 aliphatic heterocycles. The number of hydrogen-bond donors (Lipinski definition) is 1. The van der Waals surface area contributed by atoms with Crippen molar-refractivity contribution in [3.63, 3.8) is 0 Å². The third kappa shape index (κ3) is 2.79. The van der Waals surface area contributed by atoms with Gasteiger partial charge in [-0.2, -0.15) is 0 Å². The molecule has 0 saturated carbocycles. The Morgan fingerprint density at radius 1 is 1.15 bits per heavy atom. The molecule has 0 fully saturated rings. The Kier molecular flexibility index (Phi) is 3.89. The van der Waals surface area contributed by atoms with E-state index in [4.69, 9.17) is 16.0 Å². The van der Waals surface area contributed by atoms with Crippen LogP contribution in [0.15, 0.2) is 52.9 Å². The summed E-state index contributed by atoms with van der Waals surface area (Å²) < 4.78 is 6.98. The molecule has 1 aromatic heterocycles. The third-order valence-electron chi connectivity index (χ3n) is 3.17. The molecule has 4 heteroatoms. The third-order valence-corrected chi connectivity index (χ3v) is 4.16. The van der Waals surface area contributed by atoms with Crippen LogP contribution in [0.3, 0.4) is 0 Å². The Labute approximate surface area is 136 Å². The molecule has 2 aromatic carbocycles. The standard InChI is InChI=1S/C16H13ClINO/c1-10(19-14-7-6-12(18)9-13(14)17)16-8-11-4-2-3-5-15(11)20-16/h2-10,19H,1H3. The number of benzene rings is 2. The summed E-state index contributed by atoms with van der Waals surface area (Å²) in [7, 11) is 0. The summed E-state index contributed by atoms with van der Waals surface area (Å²) in [5.41, 5.74) is 1.82. The molecule has 102 valence electrons. The van der Waals surface area contributed by atoms with Crippen LogP contribution in [0.25, 0.3) is 11.0 Å². The van der Waals surface area contributed by atoms with Gasteiger partial charge in [0.15, 0.2) is 0 Å². The molecule has 3 aromatic rings. The van der Waals surface area contributed by atoms with Crippen LogP contribution in [0, 0.1) is 3.57 Å². The van der Waals surface area contributed by atoms with Gasteiger partial charge in [0.1, 0.15) is 11.3 Å². The lowest BCUT2D eigenvalue weighted by Gasteiger charge is -2.14. The maximum Gasteiger partial charge on any atom is 0.134 e. The van der Waals surface area contributed by atoms with Gasteiger partial charge in [-0.25, -0.2) is 0 Å². The number of rotatable bonds is 3. The molecule has 0 spiro atoms. The maximum absolute atomic E-state index is 6.24. The van der Waals surface area contributed by atoms with Gasteiger partial charge in [-0.1, -0.05) is 29.8 Å². The molecule has 0 saturated heterocycles. The van der Waals surface area contributed by atoms with Gasteiger partial charge in [-0.15, -0.1) is 0 Å². The van der Waals surface area contributed by atoms with E-state index >= 15 is 0 Å². The monoisotopic (exact) mass is 397 g/mol. The molecule has 0 bridgehead atoms. The normalized spacial score (nSPS) is 12.6. The zero-order valence-electron chi connectivity index (χ0n) is 10.9. The number of halogens is 2. The number of nitrogens with one attached hydrogen (secondary N) is 1. The van der Waals surface area contributed by atoms with Crippen molar-refractivity contribution in [1.82, 2.24) is 0 Å². The second-order valence-corrected chi connectivity index (χ2v) is 6.33. The van der Waals surface area contributed by atoms with Crippen molar-refractivity contribution in [3.8, 4) is 0 Å². The van der Waals surface area contributed by atoms with Gasteiger partial charge >= 0.3 is 0 Å². The lowest BCUT2D eigenvalue weighted by Crippen LogP contribution is -2.05. The maximum atomic E-state index is 6.24. The lowest BCUT2D eigenvalue weighted by atomic mass is 10.2. The van der Waals surface area contributed by atoms with Crippen molar-refractivity contribution in [3.05, 3.63) is 62.9 Å². The Morgan fingerprint density at radius 2 is 1.95 bits per heavy atom. The summed E-state index contributed by atoms with van der Waals surface area (Å²) in [6, 6.07) is 16.1. The highest BCUT2D eigenvalue weighted by atomic mass is 127. The average Bonchev–Trinajstić information content (AvgIpc) is 2.86. The summed E-state index contributed by atoms with van der Waals surface area (Å²) in [6.45, 7) is 2.06. The Bertz CT molecular complexity index is 720. The molecule has 20 heavy (non-hydrogen) atoms. The molecule has 3 rings (SSSR count). The molecule has 0 amide bonds. The van der Waals surface area contributed by atoms with E-state index in [0.29, 0.717) is 0 Å².